The predicted molar refractivity (Wildman–Crippen MR) is 192 cm³/mol. The molecule has 0 rings (SSSR count). The minimum Gasteiger partial charge on any atom is -0.462 e. The van der Waals surface area contributed by atoms with Gasteiger partial charge in [-0.25, -0.2) is 4.57 Å². The lowest BCUT2D eigenvalue weighted by Gasteiger charge is -2.19. The van der Waals surface area contributed by atoms with Gasteiger partial charge in [-0.3, -0.25) is 18.6 Å². The van der Waals surface area contributed by atoms with E-state index in [1.807, 2.05) is 0 Å². The van der Waals surface area contributed by atoms with E-state index in [1.165, 1.54) is 38.5 Å². The van der Waals surface area contributed by atoms with Gasteiger partial charge in [-0.1, -0.05) is 115 Å². The molecule has 0 aliphatic carbocycles. The molecule has 47 heavy (non-hydrogen) atoms. The summed E-state index contributed by atoms with van der Waals surface area (Å²) in [6, 6.07) is 0. The molecule has 0 aromatic carbocycles. The highest BCUT2D eigenvalue weighted by atomic mass is 31.2. The number of esters is 2. The third-order valence-corrected chi connectivity index (χ3v) is 8.48. The summed E-state index contributed by atoms with van der Waals surface area (Å²) < 4.78 is 32.6. The maximum Gasteiger partial charge on any atom is 0.472 e. The fourth-order valence-corrected chi connectivity index (χ4v) is 5.47. The molecule has 3 N–H and O–H groups in total. The lowest BCUT2D eigenvalue weighted by molar-refractivity contribution is -0.161. The Morgan fingerprint density at radius 2 is 1.13 bits per heavy atom. The number of hydrogen-bond acceptors (Lipinski definition) is 8. The molecule has 0 aromatic rings. The molecular formula is C37H68NO8P. The molecule has 0 fully saturated rings. The van der Waals surface area contributed by atoms with Crippen LogP contribution in [0.1, 0.15) is 155 Å². The number of rotatable bonds is 34. The Bertz CT molecular complexity index is 876. The zero-order valence-electron chi connectivity index (χ0n) is 29.8. The van der Waals surface area contributed by atoms with Crippen LogP contribution in [0.4, 0.5) is 0 Å². The van der Waals surface area contributed by atoms with Gasteiger partial charge < -0.3 is 20.1 Å². The number of phosphoric acid groups is 1. The van der Waals surface area contributed by atoms with Crippen LogP contribution in [-0.2, 0) is 32.7 Å². The van der Waals surface area contributed by atoms with Gasteiger partial charge in [0, 0.05) is 19.4 Å². The fraction of sp³-hybridized carbons (Fsp3) is 0.784. The standard InChI is InChI=1S/C37H68NO8P/c1-3-5-7-9-11-13-15-16-17-18-20-22-24-26-28-30-37(40)46-35(34-45-47(41,42)44-32-31-38)33-43-36(39)29-27-25-23-21-19-14-12-10-8-6-4-2/h10-13,16-17,35H,3-9,14-15,18-34,38H2,1-2H3,(H,41,42)/b12-10-,13-11-,17-16-. The van der Waals surface area contributed by atoms with E-state index in [0.717, 1.165) is 83.5 Å². The Kier molecular flexibility index (Phi) is 32.8. The van der Waals surface area contributed by atoms with Crippen molar-refractivity contribution in [2.45, 2.75) is 161 Å². The van der Waals surface area contributed by atoms with Gasteiger partial charge in [0.1, 0.15) is 6.61 Å². The van der Waals surface area contributed by atoms with Crippen molar-refractivity contribution in [1.82, 2.24) is 0 Å². The number of hydrogen-bond donors (Lipinski definition) is 2. The third kappa shape index (κ3) is 33.9. The van der Waals surface area contributed by atoms with Gasteiger partial charge in [0.15, 0.2) is 6.10 Å². The Morgan fingerprint density at radius 3 is 1.70 bits per heavy atom. The molecule has 2 atom stereocenters. The van der Waals surface area contributed by atoms with Crippen LogP contribution in [0.5, 0.6) is 0 Å². The van der Waals surface area contributed by atoms with Crippen LogP contribution in [-0.4, -0.2) is 49.3 Å². The maximum atomic E-state index is 12.5. The molecular weight excluding hydrogens is 617 g/mol. The Hall–Kier alpha value is -1.77. The van der Waals surface area contributed by atoms with Gasteiger partial charge in [0.25, 0.3) is 0 Å². The minimum absolute atomic E-state index is 0.0492. The normalized spacial score (nSPS) is 13.9. The molecule has 0 saturated heterocycles. The van der Waals surface area contributed by atoms with Gasteiger partial charge >= 0.3 is 19.8 Å². The highest BCUT2D eigenvalue weighted by molar-refractivity contribution is 7.47. The Balaban J connectivity index is 4.28. The Morgan fingerprint density at radius 1 is 0.638 bits per heavy atom. The molecule has 9 nitrogen and oxygen atoms in total. The summed E-state index contributed by atoms with van der Waals surface area (Å²) in [5, 5.41) is 0. The second kappa shape index (κ2) is 34.1. The van der Waals surface area contributed by atoms with Crippen molar-refractivity contribution in [3.05, 3.63) is 36.5 Å². The number of ether oxygens (including phenoxy) is 2. The molecule has 0 heterocycles. The summed E-state index contributed by atoms with van der Waals surface area (Å²) in [6.07, 6.45) is 34.6. The highest BCUT2D eigenvalue weighted by Crippen LogP contribution is 2.43. The topological polar surface area (TPSA) is 134 Å². The molecule has 2 unspecified atom stereocenters. The minimum atomic E-state index is -4.37. The first-order valence-electron chi connectivity index (χ1n) is 18.5. The zero-order chi connectivity index (χ0) is 34.7. The molecule has 0 aliphatic heterocycles. The van der Waals surface area contributed by atoms with Crippen LogP contribution < -0.4 is 5.73 Å². The smallest absolute Gasteiger partial charge is 0.462 e. The van der Waals surface area contributed by atoms with Gasteiger partial charge in [0.05, 0.1) is 13.2 Å². The van der Waals surface area contributed by atoms with E-state index in [0.29, 0.717) is 6.42 Å². The van der Waals surface area contributed by atoms with Crippen molar-refractivity contribution >= 4 is 19.8 Å². The number of nitrogens with two attached hydrogens (primary N) is 1. The van der Waals surface area contributed by atoms with E-state index >= 15 is 0 Å². The Labute approximate surface area is 286 Å². The van der Waals surface area contributed by atoms with E-state index in [1.54, 1.807) is 0 Å². The zero-order valence-corrected chi connectivity index (χ0v) is 30.7. The van der Waals surface area contributed by atoms with E-state index < -0.39 is 32.5 Å². The number of carbonyl (C=O) groups excluding carboxylic acids is 2. The average Bonchev–Trinajstić information content (AvgIpc) is 3.05. The predicted octanol–water partition coefficient (Wildman–Crippen LogP) is 9.82. The van der Waals surface area contributed by atoms with Crippen LogP contribution in [0.2, 0.25) is 0 Å². The summed E-state index contributed by atoms with van der Waals surface area (Å²) in [5.74, 6) is -0.860. The van der Waals surface area contributed by atoms with Crippen LogP contribution in [0.15, 0.2) is 36.5 Å². The fourth-order valence-electron chi connectivity index (χ4n) is 4.70. The monoisotopic (exact) mass is 685 g/mol. The van der Waals surface area contributed by atoms with Crippen LogP contribution in [0.3, 0.4) is 0 Å². The van der Waals surface area contributed by atoms with Crippen molar-refractivity contribution in [2.75, 3.05) is 26.4 Å². The van der Waals surface area contributed by atoms with Crippen LogP contribution in [0, 0.1) is 0 Å². The summed E-state index contributed by atoms with van der Waals surface area (Å²) in [4.78, 5) is 34.6. The van der Waals surface area contributed by atoms with Crippen molar-refractivity contribution < 1.29 is 37.6 Å². The first-order chi connectivity index (χ1) is 22.8. The SMILES string of the molecule is CCCC/C=C\CCCCCCCC(=O)OCC(COP(=O)(O)OCCN)OC(=O)CCCCCCC/C=C\C/C=C\CCCCC. The molecule has 0 amide bonds. The first-order valence-corrected chi connectivity index (χ1v) is 20.0. The van der Waals surface area contributed by atoms with Gasteiger partial charge in [-0.05, 0) is 64.2 Å². The largest absolute Gasteiger partial charge is 0.472 e. The summed E-state index contributed by atoms with van der Waals surface area (Å²) >= 11 is 0. The second-order valence-electron chi connectivity index (χ2n) is 12.1. The van der Waals surface area contributed by atoms with Crippen molar-refractivity contribution in [3.63, 3.8) is 0 Å². The van der Waals surface area contributed by atoms with E-state index in [-0.39, 0.29) is 32.6 Å². The van der Waals surface area contributed by atoms with Crippen molar-refractivity contribution in [2.24, 2.45) is 5.73 Å². The van der Waals surface area contributed by atoms with E-state index in [4.69, 9.17) is 24.3 Å². The molecule has 274 valence electrons. The van der Waals surface area contributed by atoms with Gasteiger partial charge in [0.2, 0.25) is 0 Å². The number of unbranched alkanes of at least 4 members (excludes halogenated alkanes) is 15. The average molecular weight is 686 g/mol. The van der Waals surface area contributed by atoms with Gasteiger partial charge in [-0.2, -0.15) is 0 Å². The summed E-state index contributed by atoms with van der Waals surface area (Å²) in [5.41, 5.74) is 5.32. The number of phosphoric ester groups is 1. The number of carbonyl (C=O) groups is 2. The quantitative estimate of drug-likeness (QED) is 0.0294. The van der Waals surface area contributed by atoms with Gasteiger partial charge in [-0.15, -0.1) is 0 Å². The molecule has 0 spiro atoms. The third-order valence-electron chi connectivity index (χ3n) is 7.50. The molecule has 0 radical (unpaired) electrons. The molecule has 0 saturated carbocycles. The molecule has 0 aliphatic rings. The first kappa shape index (κ1) is 45.2. The maximum absolute atomic E-state index is 12.5. The second-order valence-corrected chi connectivity index (χ2v) is 13.5. The number of allylic oxidation sites excluding steroid dienone is 6. The van der Waals surface area contributed by atoms with Crippen LogP contribution >= 0.6 is 7.82 Å². The summed E-state index contributed by atoms with van der Waals surface area (Å²) in [6.45, 7) is 3.62. The molecule has 10 heteroatoms. The van der Waals surface area contributed by atoms with Crippen molar-refractivity contribution in [3.8, 4) is 0 Å². The molecule has 0 bridgehead atoms. The van der Waals surface area contributed by atoms with Crippen molar-refractivity contribution in [1.29, 1.82) is 0 Å². The lowest BCUT2D eigenvalue weighted by Crippen LogP contribution is -2.29. The summed E-state index contributed by atoms with van der Waals surface area (Å²) in [7, 11) is -4.37. The molecule has 0 aromatic heterocycles. The lowest BCUT2D eigenvalue weighted by atomic mass is 10.1. The van der Waals surface area contributed by atoms with E-state index in [9.17, 15) is 19.0 Å². The highest BCUT2D eigenvalue weighted by Gasteiger charge is 2.25. The van der Waals surface area contributed by atoms with E-state index in [2.05, 4.69) is 50.3 Å². The van der Waals surface area contributed by atoms with Crippen LogP contribution in [0.25, 0.3) is 0 Å².